The van der Waals surface area contributed by atoms with Crippen LogP contribution in [0.4, 0.5) is 0 Å². The average Bonchev–Trinajstić information content (AvgIpc) is 2.98. The van der Waals surface area contributed by atoms with Crippen LogP contribution < -0.4 is 0 Å². The topological polar surface area (TPSA) is 38.7 Å². The molecule has 0 radical (unpaired) electrons. The Morgan fingerprint density at radius 1 is 0.444 bits per heavy atom. The summed E-state index contributed by atoms with van der Waals surface area (Å²) in [5.41, 5.74) is 7.07. The Morgan fingerprint density at radius 2 is 1.00 bits per heavy atom. The third-order valence-corrected chi connectivity index (χ3v) is 8.03. The fourth-order valence-corrected chi connectivity index (χ4v) is 5.90. The number of aromatic nitrogens is 3. The Kier molecular flexibility index (Phi) is 6.42. The molecule has 0 aliphatic heterocycles. The van der Waals surface area contributed by atoms with Crippen molar-refractivity contribution in [3.05, 3.63) is 127 Å². The van der Waals surface area contributed by atoms with Gasteiger partial charge >= 0.3 is 0 Å². The molecule has 0 unspecified atom stereocenters. The number of nitrogens with zero attached hydrogens (tertiary/aromatic N) is 3. The zero-order valence-electron chi connectivity index (χ0n) is 19.4. The van der Waals surface area contributed by atoms with Crippen molar-refractivity contribution >= 4 is 16.4 Å². The molecule has 5 heterocycles. The molecule has 0 saturated heterocycles. The van der Waals surface area contributed by atoms with Crippen LogP contribution in [0.15, 0.2) is 127 Å². The molecule has 0 atom stereocenters. The van der Waals surface area contributed by atoms with Crippen LogP contribution in [0.2, 0.25) is 0 Å². The van der Waals surface area contributed by atoms with Gasteiger partial charge in [0, 0.05) is 33.2 Å². The molecule has 170 valence electrons. The first-order valence-corrected chi connectivity index (χ1v) is 13.5. The van der Waals surface area contributed by atoms with E-state index in [4.69, 9.17) is 9.97 Å². The molecule has 0 N–H and O–H groups in total. The Balaban J connectivity index is 1.34. The zero-order chi connectivity index (χ0) is 24.2. The molecule has 6 aromatic rings. The summed E-state index contributed by atoms with van der Waals surface area (Å²) >= 11 is 0. The van der Waals surface area contributed by atoms with Gasteiger partial charge < -0.3 is 0 Å². The molecule has 6 rings (SSSR count). The maximum Gasteiger partial charge on any atom is 0.0755 e. The molecule has 0 aliphatic carbocycles. The van der Waals surface area contributed by atoms with E-state index in [0.29, 0.717) is 0 Å². The van der Waals surface area contributed by atoms with Crippen LogP contribution in [0.1, 0.15) is 0 Å². The third kappa shape index (κ3) is 4.86. The van der Waals surface area contributed by atoms with Gasteiger partial charge in [-0.2, -0.15) is 0 Å². The second-order valence-electron chi connectivity index (χ2n) is 8.23. The van der Waals surface area contributed by atoms with E-state index in [9.17, 15) is 0 Å². The monoisotopic (exact) mass is 497 g/mol. The Labute approximate surface area is 213 Å². The summed E-state index contributed by atoms with van der Waals surface area (Å²) in [6.45, 7) is 0. The second-order valence-corrected chi connectivity index (χ2v) is 10.5. The summed E-state index contributed by atoms with van der Waals surface area (Å²) in [6, 6.07) is 39.5. The number of benzene rings is 1. The molecular weight excluding hydrogens is 476 g/mol. The van der Waals surface area contributed by atoms with Gasteiger partial charge in [-0.05, 0) is 66.5 Å². The highest BCUT2D eigenvalue weighted by Gasteiger charge is 2.09. The minimum absolute atomic E-state index is 0.949. The summed E-state index contributed by atoms with van der Waals surface area (Å²) in [4.78, 5) is 14.5. The highest BCUT2D eigenvalue weighted by Crippen LogP contribution is 2.37. The molecule has 0 bridgehead atoms. The lowest BCUT2D eigenvalue weighted by atomic mass is 10.0. The largest absolute Gasteiger partial charge is 0.256 e. The van der Waals surface area contributed by atoms with Crippen LogP contribution in [0.5, 0.6) is 0 Å². The minimum atomic E-state index is 0.949. The van der Waals surface area contributed by atoms with Gasteiger partial charge in [0.1, 0.15) is 0 Å². The molecule has 0 amide bonds. The normalized spacial score (nSPS) is 11.2. The first kappa shape index (κ1) is 22.4. The summed E-state index contributed by atoms with van der Waals surface area (Å²) in [5, 5.41) is 3.55. The Hall–Kier alpha value is -4.03. The SMILES string of the molecule is c1ccc(-c2cccc(-c3cccc(-c4cccc(-c5cccc(-c6ccccp6)n5)p4)n3)c2)nc1. The van der Waals surface area contributed by atoms with Crippen molar-refractivity contribution in [1.82, 2.24) is 15.0 Å². The van der Waals surface area contributed by atoms with Gasteiger partial charge in [0.15, 0.2) is 0 Å². The highest BCUT2D eigenvalue weighted by molar-refractivity contribution is 7.37. The molecule has 5 aromatic heterocycles. The van der Waals surface area contributed by atoms with Crippen LogP contribution in [0.3, 0.4) is 0 Å². The lowest BCUT2D eigenvalue weighted by Crippen LogP contribution is -1.89. The van der Waals surface area contributed by atoms with E-state index >= 15 is 0 Å². The van der Waals surface area contributed by atoms with E-state index in [-0.39, 0.29) is 0 Å². The predicted octanol–water partition coefficient (Wildman–Crippen LogP) is 9.37. The molecule has 5 heteroatoms. The number of rotatable bonds is 5. The summed E-state index contributed by atoms with van der Waals surface area (Å²) in [7, 11) is 2.27. The summed E-state index contributed by atoms with van der Waals surface area (Å²) in [6.07, 6.45) is 1.82. The molecule has 36 heavy (non-hydrogen) atoms. The number of pyridine rings is 3. The average molecular weight is 497 g/mol. The molecule has 0 aliphatic rings. The van der Waals surface area contributed by atoms with Crippen LogP contribution in [-0.2, 0) is 0 Å². The first-order valence-electron chi connectivity index (χ1n) is 11.7. The van der Waals surface area contributed by atoms with Crippen molar-refractivity contribution in [1.29, 1.82) is 0 Å². The lowest BCUT2D eigenvalue weighted by Gasteiger charge is -2.09. The molecule has 3 nitrogen and oxygen atoms in total. The molecule has 0 fully saturated rings. The Morgan fingerprint density at radius 3 is 1.69 bits per heavy atom. The summed E-state index contributed by atoms with van der Waals surface area (Å²) < 4.78 is 0. The van der Waals surface area contributed by atoms with Gasteiger partial charge in [-0.1, -0.05) is 71.0 Å². The van der Waals surface area contributed by atoms with E-state index in [2.05, 4.69) is 108 Å². The number of hydrogen-bond acceptors (Lipinski definition) is 3. The molecule has 1 aromatic carbocycles. The second kappa shape index (κ2) is 10.3. The van der Waals surface area contributed by atoms with E-state index in [1.807, 2.05) is 24.4 Å². The standard InChI is InChI=1S/C31H21N3P2/c1-3-19-32-24(11-1)22-9-5-10-23(21-22)25-12-6-14-27(33-25)30-17-8-18-31(36-30)28-15-7-13-26(34-28)29-16-2-4-20-35-29/h1-21H. The van der Waals surface area contributed by atoms with Gasteiger partial charge in [-0.25, -0.2) is 9.97 Å². The van der Waals surface area contributed by atoms with Gasteiger partial charge in [0.2, 0.25) is 0 Å². The van der Waals surface area contributed by atoms with Gasteiger partial charge in [-0.3, -0.25) is 4.98 Å². The van der Waals surface area contributed by atoms with Crippen LogP contribution in [-0.4, -0.2) is 15.0 Å². The minimum Gasteiger partial charge on any atom is -0.256 e. The molecule has 0 spiro atoms. The predicted molar refractivity (Wildman–Crippen MR) is 152 cm³/mol. The molecular formula is C31H21N3P2. The fraction of sp³-hybridized carbons (Fsp3) is 0. The van der Waals surface area contributed by atoms with Crippen molar-refractivity contribution in [3.63, 3.8) is 0 Å². The van der Waals surface area contributed by atoms with E-state index < -0.39 is 0 Å². The zero-order valence-corrected chi connectivity index (χ0v) is 21.1. The van der Waals surface area contributed by atoms with Crippen molar-refractivity contribution in [2.45, 2.75) is 0 Å². The quantitative estimate of drug-likeness (QED) is 0.238. The van der Waals surface area contributed by atoms with E-state index in [0.717, 1.165) is 53.1 Å². The summed E-state index contributed by atoms with van der Waals surface area (Å²) in [5.74, 6) is 2.14. The maximum atomic E-state index is 5.04. The highest BCUT2D eigenvalue weighted by atomic mass is 31.0. The van der Waals surface area contributed by atoms with Crippen molar-refractivity contribution in [2.24, 2.45) is 0 Å². The van der Waals surface area contributed by atoms with Crippen molar-refractivity contribution in [2.75, 3.05) is 0 Å². The lowest BCUT2D eigenvalue weighted by molar-refractivity contribution is 1.31. The first-order chi connectivity index (χ1) is 17.8. The van der Waals surface area contributed by atoms with E-state index in [1.165, 1.54) is 18.8 Å². The van der Waals surface area contributed by atoms with E-state index in [1.54, 1.807) is 0 Å². The fourth-order valence-electron chi connectivity index (χ4n) is 4.06. The van der Waals surface area contributed by atoms with Gasteiger partial charge in [0.25, 0.3) is 0 Å². The van der Waals surface area contributed by atoms with Crippen molar-refractivity contribution < 1.29 is 0 Å². The maximum absolute atomic E-state index is 5.04. The van der Waals surface area contributed by atoms with Crippen LogP contribution >= 0.6 is 16.4 Å². The smallest absolute Gasteiger partial charge is 0.0755 e. The van der Waals surface area contributed by atoms with Crippen LogP contribution in [0, 0.1) is 0 Å². The van der Waals surface area contributed by atoms with Gasteiger partial charge in [0.05, 0.1) is 28.5 Å². The molecule has 0 saturated carbocycles. The Bertz CT molecular complexity index is 1510. The number of hydrogen-bond donors (Lipinski definition) is 0. The van der Waals surface area contributed by atoms with Crippen LogP contribution in [0.25, 0.3) is 55.5 Å². The van der Waals surface area contributed by atoms with Gasteiger partial charge in [-0.15, -0.1) is 0 Å². The van der Waals surface area contributed by atoms with Crippen molar-refractivity contribution in [3.8, 4) is 55.5 Å². The third-order valence-electron chi connectivity index (χ3n) is 5.82.